The van der Waals surface area contributed by atoms with Crippen molar-refractivity contribution in [3.05, 3.63) is 53.7 Å². The highest BCUT2D eigenvalue weighted by atomic mass is 16.3. The molecule has 1 aliphatic heterocycles. The molecule has 1 amide bonds. The highest BCUT2D eigenvalue weighted by molar-refractivity contribution is 5.91. The standard InChI is InChI=1S/C23H34N4O3/c1-3-10-27(11-4-2)23(29)20-18-30-22(24-20)17-26-14-12-25(13-15-26)16-21(28)19-8-6-5-7-9-19/h5-9,18,21,28H,3-4,10-17H2,1-2H3/t21-/m0/s1. The Labute approximate surface area is 179 Å². The fraction of sp³-hybridized carbons (Fsp3) is 0.565. The number of β-amino-alcohol motifs (C(OH)–C–C–N with tert-alkyl or cyclic N) is 1. The molecule has 1 fully saturated rings. The highest BCUT2D eigenvalue weighted by Crippen LogP contribution is 2.16. The molecule has 0 spiro atoms. The number of hydrogen-bond donors (Lipinski definition) is 1. The number of carbonyl (C=O) groups excluding carboxylic acids is 1. The molecule has 1 atom stereocenters. The Hall–Kier alpha value is -2.22. The van der Waals surface area contributed by atoms with Gasteiger partial charge in [-0.15, -0.1) is 0 Å². The fourth-order valence-electron chi connectivity index (χ4n) is 3.84. The molecule has 7 heteroatoms. The number of piperazine rings is 1. The van der Waals surface area contributed by atoms with Crippen LogP contribution in [-0.4, -0.2) is 76.5 Å². The van der Waals surface area contributed by atoms with Crippen LogP contribution in [0.25, 0.3) is 0 Å². The Morgan fingerprint density at radius 1 is 1.10 bits per heavy atom. The third-order valence-corrected chi connectivity index (χ3v) is 5.48. The van der Waals surface area contributed by atoms with Gasteiger partial charge in [-0.1, -0.05) is 44.2 Å². The molecule has 0 radical (unpaired) electrons. The molecule has 0 unspecified atom stereocenters. The lowest BCUT2D eigenvalue weighted by Gasteiger charge is -2.35. The van der Waals surface area contributed by atoms with Crippen molar-refractivity contribution in [3.63, 3.8) is 0 Å². The first-order valence-electron chi connectivity index (χ1n) is 11.0. The maximum atomic E-state index is 12.7. The largest absolute Gasteiger partial charge is 0.447 e. The summed E-state index contributed by atoms with van der Waals surface area (Å²) in [6.45, 7) is 10.4. The van der Waals surface area contributed by atoms with Crippen molar-refractivity contribution in [1.29, 1.82) is 0 Å². The predicted octanol–water partition coefficient (Wildman–Crippen LogP) is 2.79. The normalized spacial score (nSPS) is 16.5. The minimum Gasteiger partial charge on any atom is -0.447 e. The second kappa shape index (κ2) is 11.2. The second-order valence-corrected chi connectivity index (χ2v) is 7.92. The molecule has 2 heterocycles. The summed E-state index contributed by atoms with van der Waals surface area (Å²) >= 11 is 0. The third kappa shape index (κ3) is 6.14. The van der Waals surface area contributed by atoms with Crippen LogP contribution in [0.5, 0.6) is 0 Å². The van der Waals surface area contributed by atoms with Gasteiger partial charge in [0.2, 0.25) is 5.89 Å². The minimum atomic E-state index is -0.466. The Bertz CT molecular complexity index is 766. The van der Waals surface area contributed by atoms with Crippen LogP contribution in [0.1, 0.15) is 54.7 Å². The summed E-state index contributed by atoms with van der Waals surface area (Å²) in [4.78, 5) is 23.5. The molecule has 1 saturated heterocycles. The van der Waals surface area contributed by atoms with E-state index in [1.165, 1.54) is 6.26 Å². The SMILES string of the molecule is CCCN(CCC)C(=O)c1coc(CN2CCN(C[C@H](O)c3ccccc3)CC2)n1. The minimum absolute atomic E-state index is 0.0478. The van der Waals surface area contributed by atoms with Gasteiger partial charge >= 0.3 is 0 Å². The number of aromatic nitrogens is 1. The van der Waals surface area contributed by atoms with Crippen molar-refractivity contribution in [3.8, 4) is 0 Å². The number of carbonyl (C=O) groups is 1. The van der Waals surface area contributed by atoms with E-state index in [0.717, 1.165) is 57.7 Å². The number of benzene rings is 1. The first kappa shape index (κ1) is 22.5. The van der Waals surface area contributed by atoms with Crippen molar-refractivity contribution in [2.45, 2.75) is 39.3 Å². The summed E-state index contributed by atoms with van der Waals surface area (Å²) in [6.07, 6.45) is 2.88. The van der Waals surface area contributed by atoms with Gasteiger partial charge in [0, 0.05) is 45.8 Å². The summed E-state index contributed by atoms with van der Waals surface area (Å²) in [5, 5.41) is 10.4. The zero-order valence-electron chi connectivity index (χ0n) is 18.2. The molecule has 1 aliphatic rings. The van der Waals surface area contributed by atoms with Gasteiger partial charge in [0.15, 0.2) is 5.69 Å². The van der Waals surface area contributed by atoms with Crippen LogP contribution in [0.3, 0.4) is 0 Å². The second-order valence-electron chi connectivity index (χ2n) is 7.92. The van der Waals surface area contributed by atoms with Gasteiger partial charge in [-0.3, -0.25) is 14.6 Å². The summed E-state index contributed by atoms with van der Waals surface area (Å²) in [5.41, 5.74) is 1.36. The van der Waals surface area contributed by atoms with Crippen molar-refractivity contribution in [2.24, 2.45) is 0 Å². The third-order valence-electron chi connectivity index (χ3n) is 5.48. The fourth-order valence-corrected chi connectivity index (χ4v) is 3.84. The molecule has 7 nitrogen and oxygen atoms in total. The smallest absolute Gasteiger partial charge is 0.275 e. The summed E-state index contributed by atoms with van der Waals surface area (Å²) in [5.74, 6) is 0.539. The van der Waals surface area contributed by atoms with Gasteiger partial charge in [0.25, 0.3) is 5.91 Å². The number of rotatable bonds is 10. The van der Waals surface area contributed by atoms with Crippen LogP contribution in [0.4, 0.5) is 0 Å². The van der Waals surface area contributed by atoms with E-state index in [-0.39, 0.29) is 5.91 Å². The van der Waals surface area contributed by atoms with Crippen LogP contribution in [0.15, 0.2) is 41.0 Å². The molecule has 0 aliphatic carbocycles. The van der Waals surface area contributed by atoms with E-state index in [4.69, 9.17) is 4.42 Å². The number of hydrogen-bond acceptors (Lipinski definition) is 6. The van der Waals surface area contributed by atoms with Crippen molar-refractivity contribution in [1.82, 2.24) is 19.7 Å². The molecule has 30 heavy (non-hydrogen) atoms. The molecular weight excluding hydrogens is 380 g/mol. The van der Waals surface area contributed by atoms with Crippen molar-refractivity contribution >= 4 is 5.91 Å². The molecule has 1 aromatic heterocycles. The molecular formula is C23H34N4O3. The maximum Gasteiger partial charge on any atom is 0.275 e. The van der Waals surface area contributed by atoms with E-state index in [0.29, 0.717) is 24.7 Å². The summed E-state index contributed by atoms with van der Waals surface area (Å²) < 4.78 is 5.59. The lowest BCUT2D eigenvalue weighted by atomic mass is 10.1. The van der Waals surface area contributed by atoms with Gasteiger partial charge in [0.05, 0.1) is 12.6 Å². The van der Waals surface area contributed by atoms with Gasteiger partial charge in [0.1, 0.15) is 6.26 Å². The Kier molecular flexibility index (Phi) is 8.42. The summed E-state index contributed by atoms with van der Waals surface area (Å²) in [6, 6.07) is 9.79. The van der Waals surface area contributed by atoms with Gasteiger partial charge < -0.3 is 14.4 Å². The summed E-state index contributed by atoms with van der Waals surface area (Å²) in [7, 11) is 0. The highest BCUT2D eigenvalue weighted by Gasteiger charge is 2.23. The molecule has 164 valence electrons. The number of amides is 1. The van der Waals surface area contributed by atoms with Crippen molar-refractivity contribution < 1.29 is 14.3 Å². The Balaban J connectivity index is 1.47. The average Bonchev–Trinajstić information content (AvgIpc) is 3.23. The number of nitrogens with zero attached hydrogens (tertiary/aromatic N) is 4. The van der Waals surface area contributed by atoms with E-state index in [9.17, 15) is 9.90 Å². The van der Waals surface area contributed by atoms with E-state index in [1.807, 2.05) is 35.2 Å². The van der Waals surface area contributed by atoms with E-state index in [2.05, 4.69) is 28.6 Å². The van der Waals surface area contributed by atoms with Crippen LogP contribution in [-0.2, 0) is 6.54 Å². The quantitative estimate of drug-likeness (QED) is 0.645. The van der Waals surface area contributed by atoms with Gasteiger partial charge in [-0.05, 0) is 18.4 Å². The zero-order chi connectivity index (χ0) is 21.3. The lowest BCUT2D eigenvalue weighted by molar-refractivity contribution is 0.0671. The monoisotopic (exact) mass is 414 g/mol. The molecule has 3 rings (SSSR count). The van der Waals surface area contributed by atoms with E-state index < -0.39 is 6.10 Å². The first-order chi connectivity index (χ1) is 14.6. The van der Waals surface area contributed by atoms with Gasteiger partial charge in [-0.2, -0.15) is 0 Å². The van der Waals surface area contributed by atoms with Crippen LogP contribution in [0, 0.1) is 0 Å². The van der Waals surface area contributed by atoms with Crippen LogP contribution < -0.4 is 0 Å². The molecule has 0 bridgehead atoms. The Morgan fingerprint density at radius 2 is 1.73 bits per heavy atom. The number of aliphatic hydroxyl groups is 1. The molecule has 1 N–H and O–H groups in total. The van der Waals surface area contributed by atoms with E-state index in [1.54, 1.807) is 0 Å². The number of aliphatic hydroxyl groups excluding tert-OH is 1. The molecule has 1 aromatic carbocycles. The first-order valence-corrected chi connectivity index (χ1v) is 11.0. The maximum absolute atomic E-state index is 12.7. The average molecular weight is 415 g/mol. The number of oxazole rings is 1. The lowest BCUT2D eigenvalue weighted by Crippen LogP contribution is -2.47. The van der Waals surface area contributed by atoms with Crippen molar-refractivity contribution in [2.75, 3.05) is 45.8 Å². The topological polar surface area (TPSA) is 73.1 Å². The predicted molar refractivity (Wildman–Crippen MR) is 116 cm³/mol. The van der Waals surface area contributed by atoms with Crippen LogP contribution >= 0.6 is 0 Å². The van der Waals surface area contributed by atoms with E-state index >= 15 is 0 Å². The Morgan fingerprint density at radius 3 is 2.37 bits per heavy atom. The van der Waals surface area contributed by atoms with Gasteiger partial charge in [-0.25, -0.2) is 4.98 Å². The molecule has 2 aromatic rings. The van der Waals surface area contributed by atoms with Crippen LogP contribution in [0.2, 0.25) is 0 Å². The zero-order valence-corrected chi connectivity index (χ0v) is 18.2. The molecule has 0 saturated carbocycles.